The smallest absolute Gasteiger partial charge is 0.258 e. The lowest BCUT2D eigenvalue weighted by molar-refractivity contribution is -0.385. The molecule has 31 heavy (non-hydrogen) atoms. The Bertz CT molecular complexity index is 1150. The van der Waals surface area contributed by atoms with Gasteiger partial charge in [-0.2, -0.15) is 5.12 Å². The van der Waals surface area contributed by atoms with E-state index in [1.807, 2.05) is 41.2 Å². The highest BCUT2D eigenvalue weighted by molar-refractivity contribution is 5.81. The summed E-state index contributed by atoms with van der Waals surface area (Å²) in [5.74, 6) is 2.26. The predicted molar refractivity (Wildman–Crippen MR) is 119 cm³/mol. The molecule has 0 spiro atoms. The van der Waals surface area contributed by atoms with Gasteiger partial charge in [0.25, 0.3) is 0 Å². The fraction of sp³-hybridized carbons (Fsp3) is 0.348. The van der Waals surface area contributed by atoms with Crippen molar-refractivity contribution >= 4 is 28.3 Å². The molecule has 1 aliphatic rings. The average Bonchev–Trinajstić information content (AvgIpc) is 3.22. The van der Waals surface area contributed by atoms with Crippen molar-refractivity contribution in [1.82, 2.24) is 14.7 Å². The second kappa shape index (κ2) is 9.02. The summed E-state index contributed by atoms with van der Waals surface area (Å²) >= 11 is 0. The van der Waals surface area contributed by atoms with Gasteiger partial charge in [-0.15, -0.1) is 0 Å². The fourth-order valence-electron chi connectivity index (χ4n) is 4.09. The number of rotatable bonds is 7. The van der Waals surface area contributed by atoms with Crippen LogP contribution in [0.4, 0.5) is 11.5 Å². The molecule has 4 rings (SSSR count). The molecule has 2 aromatic heterocycles. The predicted octanol–water partition coefficient (Wildman–Crippen LogP) is 4.67. The standard InChI is InChI=1S/C23H25N5O3/c1-2-3-8-19-12-14-24-23(22(19)28(30)31)27(25-15-7-6-10-20(25)17-29)26-16-13-18-9-4-5-11-21(18)26/h4-5,9,11-14,16H,2-3,6-8,10,15H2,1H3. The third kappa shape index (κ3) is 3.90. The van der Waals surface area contributed by atoms with Crippen molar-refractivity contribution in [1.29, 1.82) is 0 Å². The van der Waals surface area contributed by atoms with Crippen LogP contribution < -0.4 is 5.12 Å². The van der Waals surface area contributed by atoms with Gasteiger partial charge in [0, 0.05) is 36.3 Å². The third-order valence-electron chi connectivity index (χ3n) is 5.63. The first kappa shape index (κ1) is 20.6. The second-order valence-electron chi connectivity index (χ2n) is 7.64. The number of nitrogens with zero attached hydrogens (tertiary/aromatic N) is 5. The Morgan fingerprint density at radius 2 is 2.06 bits per heavy atom. The van der Waals surface area contributed by atoms with Gasteiger partial charge in [-0.25, -0.2) is 14.5 Å². The summed E-state index contributed by atoms with van der Waals surface area (Å²) in [4.78, 5) is 28.1. The number of hydrazine groups is 1. The van der Waals surface area contributed by atoms with Gasteiger partial charge < -0.3 is 0 Å². The second-order valence-corrected chi connectivity index (χ2v) is 7.64. The van der Waals surface area contributed by atoms with E-state index < -0.39 is 0 Å². The first-order valence-electron chi connectivity index (χ1n) is 10.7. The van der Waals surface area contributed by atoms with Crippen LogP contribution in [-0.2, 0) is 11.2 Å². The average molecular weight is 419 g/mol. The van der Waals surface area contributed by atoms with Crippen molar-refractivity contribution in [3.05, 3.63) is 70.2 Å². The van der Waals surface area contributed by atoms with Crippen LogP contribution in [0.1, 0.15) is 44.6 Å². The Kier molecular flexibility index (Phi) is 6.00. The number of aryl methyl sites for hydroxylation is 1. The fourth-order valence-corrected chi connectivity index (χ4v) is 4.09. The van der Waals surface area contributed by atoms with E-state index >= 15 is 0 Å². The van der Waals surface area contributed by atoms with E-state index in [1.54, 1.807) is 22.4 Å². The van der Waals surface area contributed by atoms with Gasteiger partial charge in [-0.3, -0.25) is 15.1 Å². The molecular formula is C23H25N5O3. The molecule has 1 aliphatic heterocycles. The lowest BCUT2D eigenvalue weighted by atomic mass is 10.1. The summed E-state index contributed by atoms with van der Waals surface area (Å²) < 4.78 is 1.83. The van der Waals surface area contributed by atoms with Crippen molar-refractivity contribution < 1.29 is 9.72 Å². The molecule has 8 heteroatoms. The summed E-state index contributed by atoms with van der Waals surface area (Å²) in [5, 5.41) is 16.7. The van der Waals surface area contributed by atoms with E-state index in [1.165, 1.54) is 0 Å². The monoisotopic (exact) mass is 419 g/mol. The molecule has 0 saturated carbocycles. The lowest BCUT2D eigenvalue weighted by Crippen LogP contribution is -2.48. The zero-order valence-corrected chi connectivity index (χ0v) is 17.5. The van der Waals surface area contributed by atoms with Crippen LogP contribution in [-0.4, -0.2) is 32.1 Å². The van der Waals surface area contributed by atoms with Crippen LogP contribution in [0.5, 0.6) is 0 Å². The number of hydrogen-bond donors (Lipinski definition) is 0. The molecule has 1 saturated heterocycles. The molecule has 0 unspecified atom stereocenters. The molecule has 160 valence electrons. The van der Waals surface area contributed by atoms with Gasteiger partial charge in [0.1, 0.15) is 11.6 Å². The zero-order chi connectivity index (χ0) is 21.8. The number of unbranched alkanes of at least 4 members (excludes halogenated alkanes) is 1. The van der Waals surface area contributed by atoms with Gasteiger partial charge in [-0.05, 0) is 43.9 Å². The number of benzene rings is 1. The number of nitro groups is 1. The Labute approximate surface area is 180 Å². The van der Waals surface area contributed by atoms with Gasteiger partial charge in [-0.1, -0.05) is 31.5 Å². The molecule has 3 heterocycles. The van der Waals surface area contributed by atoms with E-state index in [-0.39, 0.29) is 16.4 Å². The summed E-state index contributed by atoms with van der Waals surface area (Å²) in [6.07, 6.45) is 8.16. The highest BCUT2D eigenvalue weighted by Gasteiger charge is 2.33. The van der Waals surface area contributed by atoms with Crippen LogP contribution in [0, 0.1) is 10.1 Å². The first-order valence-corrected chi connectivity index (χ1v) is 10.7. The molecule has 8 nitrogen and oxygen atoms in total. The van der Waals surface area contributed by atoms with E-state index in [9.17, 15) is 14.9 Å². The largest absolute Gasteiger partial charge is 0.318 e. The molecule has 3 aromatic rings. The Morgan fingerprint density at radius 3 is 2.84 bits per heavy atom. The lowest BCUT2D eigenvalue weighted by Gasteiger charge is -2.39. The van der Waals surface area contributed by atoms with Crippen LogP contribution >= 0.6 is 0 Å². The van der Waals surface area contributed by atoms with E-state index in [0.29, 0.717) is 30.6 Å². The number of aromatic nitrogens is 2. The van der Waals surface area contributed by atoms with Crippen LogP contribution in [0.3, 0.4) is 0 Å². The van der Waals surface area contributed by atoms with Crippen molar-refractivity contribution in [2.24, 2.45) is 0 Å². The van der Waals surface area contributed by atoms with Gasteiger partial charge >= 0.3 is 5.69 Å². The quantitative estimate of drug-likeness (QED) is 0.314. The normalized spacial score (nSPS) is 14.0. The molecule has 0 amide bonds. The highest BCUT2D eigenvalue weighted by atomic mass is 16.6. The summed E-state index contributed by atoms with van der Waals surface area (Å²) in [5.41, 5.74) is 1.96. The number of anilines is 1. The minimum absolute atomic E-state index is 0.0236. The van der Waals surface area contributed by atoms with Gasteiger partial charge in [0.2, 0.25) is 5.82 Å². The maximum atomic E-state index is 12.2. The first-order chi connectivity index (χ1) is 15.2. The van der Waals surface area contributed by atoms with Crippen LogP contribution in [0.15, 0.2) is 54.5 Å². The van der Waals surface area contributed by atoms with Crippen molar-refractivity contribution in [3.63, 3.8) is 0 Å². The van der Waals surface area contributed by atoms with E-state index in [4.69, 9.17) is 0 Å². The van der Waals surface area contributed by atoms with Crippen LogP contribution in [0.2, 0.25) is 0 Å². The highest BCUT2D eigenvalue weighted by Crippen LogP contribution is 2.35. The summed E-state index contributed by atoms with van der Waals surface area (Å²) in [6, 6.07) is 11.5. The Morgan fingerprint density at radius 1 is 1.23 bits per heavy atom. The number of pyridine rings is 1. The number of allylic oxidation sites excluding steroid dienone is 1. The molecular weight excluding hydrogens is 394 g/mol. The summed E-state index contributed by atoms with van der Waals surface area (Å²) in [7, 11) is 0. The molecule has 0 bridgehead atoms. The number of para-hydroxylation sites is 1. The van der Waals surface area contributed by atoms with Crippen molar-refractivity contribution in [3.8, 4) is 0 Å². The molecule has 0 radical (unpaired) electrons. The number of fused-ring (bicyclic) bond motifs is 1. The minimum Gasteiger partial charge on any atom is -0.258 e. The SMILES string of the molecule is CCCCc1ccnc(N(N2CCCCC2=C=O)n2ccc3ccccc32)c1[N+](=O)[O-]. The number of carbonyl (C=O) groups excluding carboxylic acids is 1. The van der Waals surface area contributed by atoms with E-state index in [0.717, 1.165) is 36.6 Å². The third-order valence-corrected chi connectivity index (χ3v) is 5.63. The summed E-state index contributed by atoms with van der Waals surface area (Å²) in [6.45, 7) is 2.61. The topological polar surface area (TPSA) is 84.5 Å². The van der Waals surface area contributed by atoms with E-state index in [2.05, 4.69) is 17.8 Å². The molecule has 1 aromatic carbocycles. The maximum Gasteiger partial charge on any atom is 0.318 e. The Hall–Kier alpha value is -3.64. The maximum absolute atomic E-state index is 12.2. The molecule has 0 aliphatic carbocycles. The Balaban J connectivity index is 1.96. The van der Waals surface area contributed by atoms with Gasteiger partial charge in [0.05, 0.1) is 10.4 Å². The molecule has 1 fully saturated rings. The van der Waals surface area contributed by atoms with Crippen molar-refractivity contribution in [2.75, 3.05) is 11.7 Å². The zero-order valence-electron chi connectivity index (χ0n) is 17.5. The minimum atomic E-state index is -0.361. The van der Waals surface area contributed by atoms with Crippen molar-refractivity contribution in [2.45, 2.75) is 45.4 Å². The number of piperidine rings is 1. The molecule has 0 N–H and O–H groups in total. The van der Waals surface area contributed by atoms with Crippen LogP contribution in [0.25, 0.3) is 10.9 Å². The van der Waals surface area contributed by atoms with Gasteiger partial charge in [0.15, 0.2) is 0 Å². The molecule has 0 atom stereocenters. The number of hydrogen-bond acceptors (Lipinski definition) is 6.